The third-order valence-corrected chi connectivity index (χ3v) is 2.61. The molecule has 0 aromatic heterocycles. The predicted octanol–water partition coefficient (Wildman–Crippen LogP) is 0.121. The molecule has 12 heavy (non-hydrogen) atoms. The average Bonchev–Trinajstić information content (AvgIpc) is 2.81. The van der Waals surface area contributed by atoms with E-state index in [2.05, 4.69) is 5.32 Å². The van der Waals surface area contributed by atoms with Gasteiger partial charge < -0.3 is 15.5 Å². The molecule has 1 rings (SSSR count). The van der Waals surface area contributed by atoms with Crippen molar-refractivity contribution in [3.05, 3.63) is 0 Å². The maximum absolute atomic E-state index is 8.78. The maximum Gasteiger partial charge on any atom is 0.0443 e. The number of rotatable bonds is 7. The van der Waals surface area contributed by atoms with Crippen LogP contribution in [0.15, 0.2) is 0 Å². The molecule has 1 fully saturated rings. The second kappa shape index (κ2) is 4.80. The van der Waals surface area contributed by atoms with Crippen LogP contribution in [0.4, 0.5) is 0 Å². The second-order valence-corrected chi connectivity index (χ2v) is 3.73. The van der Waals surface area contributed by atoms with Gasteiger partial charge in [-0.2, -0.15) is 0 Å². The van der Waals surface area contributed by atoms with Crippen molar-refractivity contribution in [3.63, 3.8) is 0 Å². The zero-order valence-electron chi connectivity index (χ0n) is 7.55. The molecule has 1 saturated carbocycles. The summed E-state index contributed by atoms with van der Waals surface area (Å²) in [5.41, 5.74) is 0.407. The van der Waals surface area contributed by atoms with E-state index < -0.39 is 0 Å². The van der Waals surface area contributed by atoms with Crippen LogP contribution in [0.3, 0.4) is 0 Å². The minimum absolute atomic E-state index is 0.264. The van der Waals surface area contributed by atoms with Gasteiger partial charge in [0.2, 0.25) is 0 Å². The molecule has 0 amide bonds. The standard InChI is InChI=1S/C9H19NO2/c11-6-1-5-10-8-9(2-3-9)4-7-12/h10-12H,1-8H2. The van der Waals surface area contributed by atoms with Crippen molar-refractivity contribution in [1.29, 1.82) is 0 Å². The van der Waals surface area contributed by atoms with Crippen LogP contribution in [0.5, 0.6) is 0 Å². The summed E-state index contributed by atoms with van der Waals surface area (Å²) < 4.78 is 0. The van der Waals surface area contributed by atoms with Crippen LogP contribution >= 0.6 is 0 Å². The summed E-state index contributed by atoms with van der Waals surface area (Å²) in [4.78, 5) is 0. The topological polar surface area (TPSA) is 52.5 Å². The van der Waals surface area contributed by atoms with Crippen molar-refractivity contribution >= 4 is 0 Å². The van der Waals surface area contributed by atoms with E-state index in [4.69, 9.17) is 10.2 Å². The molecular weight excluding hydrogens is 154 g/mol. The van der Waals surface area contributed by atoms with Crippen molar-refractivity contribution in [1.82, 2.24) is 5.32 Å². The highest BCUT2D eigenvalue weighted by molar-refractivity contribution is 4.94. The Labute approximate surface area is 73.8 Å². The second-order valence-electron chi connectivity index (χ2n) is 3.73. The van der Waals surface area contributed by atoms with E-state index in [9.17, 15) is 0 Å². The summed E-state index contributed by atoms with van der Waals surface area (Å²) in [5.74, 6) is 0. The van der Waals surface area contributed by atoms with Gasteiger partial charge in [-0.05, 0) is 37.6 Å². The molecule has 0 radical (unpaired) electrons. The number of aliphatic hydroxyl groups is 2. The highest BCUT2D eigenvalue weighted by Crippen LogP contribution is 2.47. The molecule has 0 aromatic rings. The molecule has 0 bridgehead atoms. The first-order valence-corrected chi connectivity index (χ1v) is 4.75. The Balaban J connectivity index is 1.98. The molecule has 3 heteroatoms. The van der Waals surface area contributed by atoms with E-state index in [-0.39, 0.29) is 6.61 Å². The third-order valence-electron chi connectivity index (χ3n) is 2.61. The fraction of sp³-hybridized carbons (Fsp3) is 1.00. The van der Waals surface area contributed by atoms with Crippen LogP contribution in [-0.2, 0) is 0 Å². The molecule has 0 aromatic carbocycles. The van der Waals surface area contributed by atoms with E-state index >= 15 is 0 Å². The molecule has 72 valence electrons. The van der Waals surface area contributed by atoms with Crippen LogP contribution in [-0.4, -0.2) is 36.5 Å². The van der Waals surface area contributed by atoms with Crippen LogP contribution in [0.1, 0.15) is 25.7 Å². The summed E-state index contributed by atoms with van der Waals surface area (Å²) >= 11 is 0. The largest absolute Gasteiger partial charge is 0.396 e. The van der Waals surface area contributed by atoms with E-state index in [1.165, 1.54) is 12.8 Å². The van der Waals surface area contributed by atoms with Crippen molar-refractivity contribution < 1.29 is 10.2 Å². The maximum atomic E-state index is 8.78. The lowest BCUT2D eigenvalue weighted by Gasteiger charge is -2.13. The normalized spacial score (nSPS) is 19.5. The average molecular weight is 173 g/mol. The molecule has 0 heterocycles. The third kappa shape index (κ3) is 3.09. The minimum atomic E-state index is 0.264. The predicted molar refractivity (Wildman–Crippen MR) is 47.9 cm³/mol. The van der Waals surface area contributed by atoms with E-state index in [1.807, 2.05) is 0 Å². The van der Waals surface area contributed by atoms with Crippen molar-refractivity contribution in [2.75, 3.05) is 26.3 Å². The lowest BCUT2D eigenvalue weighted by molar-refractivity contribution is 0.242. The van der Waals surface area contributed by atoms with Crippen LogP contribution in [0.25, 0.3) is 0 Å². The highest BCUT2D eigenvalue weighted by Gasteiger charge is 2.40. The SMILES string of the molecule is OCCCNCC1(CCO)CC1. The molecule has 0 atom stereocenters. The molecule has 3 nitrogen and oxygen atoms in total. The number of hydrogen-bond donors (Lipinski definition) is 3. The quantitative estimate of drug-likeness (QED) is 0.479. The first-order valence-electron chi connectivity index (χ1n) is 4.75. The lowest BCUT2D eigenvalue weighted by atomic mass is 10.0. The molecule has 0 unspecified atom stereocenters. The van der Waals surface area contributed by atoms with Gasteiger partial charge in [0.15, 0.2) is 0 Å². The van der Waals surface area contributed by atoms with Gasteiger partial charge in [0, 0.05) is 19.8 Å². The Morgan fingerprint density at radius 2 is 1.92 bits per heavy atom. The van der Waals surface area contributed by atoms with Crippen molar-refractivity contribution in [3.8, 4) is 0 Å². The summed E-state index contributed by atoms with van der Waals surface area (Å²) in [5, 5.41) is 20.6. The Morgan fingerprint density at radius 3 is 2.42 bits per heavy atom. The van der Waals surface area contributed by atoms with E-state index in [0.717, 1.165) is 25.9 Å². The van der Waals surface area contributed by atoms with Crippen LogP contribution in [0.2, 0.25) is 0 Å². The molecule has 1 aliphatic rings. The number of hydrogen-bond acceptors (Lipinski definition) is 3. The van der Waals surface area contributed by atoms with Gasteiger partial charge in [-0.1, -0.05) is 0 Å². The van der Waals surface area contributed by atoms with Gasteiger partial charge >= 0.3 is 0 Å². The monoisotopic (exact) mass is 173 g/mol. The highest BCUT2D eigenvalue weighted by atomic mass is 16.3. The zero-order chi connectivity index (χ0) is 8.86. The zero-order valence-corrected chi connectivity index (χ0v) is 7.55. The molecule has 0 saturated heterocycles. The van der Waals surface area contributed by atoms with Gasteiger partial charge in [0.25, 0.3) is 0 Å². The first kappa shape index (κ1) is 9.96. The summed E-state index contributed by atoms with van der Waals surface area (Å²) in [7, 11) is 0. The van der Waals surface area contributed by atoms with E-state index in [0.29, 0.717) is 12.0 Å². The van der Waals surface area contributed by atoms with Gasteiger partial charge in [-0.25, -0.2) is 0 Å². The Kier molecular flexibility index (Phi) is 3.98. The van der Waals surface area contributed by atoms with Crippen molar-refractivity contribution in [2.24, 2.45) is 5.41 Å². The molecule has 1 aliphatic carbocycles. The van der Waals surface area contributed by atoms with Crippen molar-refractivity contribution in [2.45, 2.75) is 25.7 Å². The van der Waals surface area contributed by atoms with Gasteiger partial charge in [0.1, 0.15) is 0 Å². The summed E-state index contributed by atoms with van der Waals surface area (Å²) in [6.45, 7) is 2.47. The Morgan fingerprint density at radius 1 is 1.17 bits per heavy atom. The minimum Gasteiger partial charge on any atom is -0.396 e. The molecule has 3 N–H and O–H groups in total. The van der Waals surface area contributed by atoms with E-state index in [1.54, 1.807) is 0 Å². The Bertz CT molecular complexity index is 124. The fourth-order valence-electron chi connectivity index (χ4n) is 1.49. The molecule has 0 spiro atoms. The Hall–Kier alpha value is -0.120. The lowest BCUT2D eigenvalue weighted by Crippen LogP contribution is -2.26. The summed E-state index contributed by atoms with van der Waals surface area (Å²) in [6, 6.07) is 0. The van der Waals surface area contributed by atoms with Gasteiger partial charge in [0.05, 0.1) is 0 Å². The number of nitrogens with one attached hydrogen (secondary N) is 1. The smallest absolute Gasteiger partial charge is 0.0443 e. The van der Waals surface area contributed by atoms with Crippen LogP contribution < -0.4 is 5.32 Å². The number of aliphatic hydroxyl groups excluding tert-OH is 2. The first-order chi connectivity index (χ1) is 5.83. The van der Waals surface area contributed by atoms with Gasteiger partial charge in [-0.3, -0.25) is 0 Å². The fourth-order valence-corrected chi connectivity index (χ4v) is 1.49. The molecule has 0 aliphatic heterocycles. The van der Waals surface area contributed by atoms with Gasteiger partial charge in [-0.15, -0.1) is 0 Å². The summed E-state index contributed by atoms with van der Waals surface area (Å²) in [6.07, 6.45) is 4.26. The van der Waals surface area contributed by atoms with Crippen LogP contribution in [0, 0.1) is 5.41 Å². The molecular formula is C9H19NO2.